The van der Waals surface area contributed by atoms with Crippen molar-refractivity contribution in [3.8, 4) is 0 Å². The van der Waals surface area contributed by atoms with Crippen molar-refractivity contribution in [3.05, 3.63) is 0 Å². The molecule has 0 unspecified atom stereocenters. The molecule has 0 atom stereocenters. The average molecular weight is 118 g/mol. The second-order valence-corrected chi connectivity index (χ2v) is 2.48. The molecule has 42 valence electrons. The van der Waals surface area contributed by atoms with E-state index in [1.165, 1.54) is 11.8 Å². The number of carbonyl (C=O) groups is 1. The van der Waals surface area contributed by atoms with E-state index < -0.39 is 0 Å². The predicted molar refractivity (Wildman–Crippen MR) is 33.4 cm³/mol. The first-order valence-electron chi connectivity index (χ1n) is 2.46. The summed E-state index contributed by atoms with van der Waals surface area (Å²) in [5.74, 6) is 0.909. The maximum Gasteiger partial charge on any atom is 0.188 e. The van der Waals surface area contributed by atoms with Crippen LogP contribution in [0.3, 0.4) is 0 Å². The standard InChI is InChI=1S/C5H10OS/c1-3-5(6)7-4-2/h3-4H2,1-2H3. The lowest BCUT2D eigenvalue weighted by Gasteiger charge is -1.87. The van der Waals surface area contributed by atoms with Crippen LogP contribution in [-0.4, -0.2) is 10.9 Å². The molecule has 0 fully saturated rings. The highest BCUT2D eigenvalue weighted by atomic mass is 32.2. The SMILES string of the molecule is CCSC(=O)CC. The van der Waals surface area contributed by atoms with E-state index in [0.29, 0.717) is 11.5 Å². The van der Waals surface area contributed by atoms with Gasteiger partial charge in [-0.2, -0.15) is 0 Å². The van der Waals surface area contributed by atoms with Crippen LogP contribution in [0.15, 0.2) is 0 Å². The Morgan fingerprint density at radius 2 is 2.14 bits per heavy atom. The Morgan fingerprint density at radius 3 is 2.29 bits per heavy atom. The molecule has 0 saturated carbocycles. The normalized spacial score (nSPS) is 8.86. The predicted octanol–water partition coefficient (Wildman–Crippen LogP) is 1.68. The summed E-state index contributed by atoms with van der Waals surface area (Å²) in [4.78, 5) is 10.4. The minimum Gasteiger partial charge on any atom is -0.287 e. The maximum absolute atomic E-state index is 10.4. The second kappa shape index (κ2) is 4.19. The molecular formula is C5H10OS. The Bertz CT molecular complexity index is 61.1. The summed E-state index contributed by atoms with van der Waals surface area (Å²) in [7, 11) is 0. The second-order valence-electron chi connectivity index (χ2n) is 1.16. The van der Waals surface area contributed by atoms with Crippen molar-refractivity contribution in [2.45, 2.75) is 20.3 Å². The van der Waals surface area contributed by atoms with Crippen LogP contribution in [0.1, 0.15) is 20.3 Å². The molecule has 0 aromatic heterocycles. The molecule has 0 rings (SSSR count). The summed E-state index contributed by atoms with van der Waals surface area (Å²) >= 11 is 1.39. The van der Waals surface area contributed by atoms with E-state index >= 15 is 0 Å². The Morgan fingerprint density at radius 1 is 1.57 bits per heavy atom. The van der Waals surface area contributed by atoms with Gasteiger partial charge in [0.15, 0.2) is 5.12 Å². The van der Waals surface area contributed by atoms with Gasteiger partial charge in [0, 0.05) is 6.42 Å². The summed E-state index contributed by atoms with van der Waals surface area (Å²) in [6, 6.07) is 0. The first-order chi connectivity index (χ1) is 3.31. The van der Waals surface area contributed by atoms with Crippen LogP contribution in [0.5, 0.6) is 0 Å². The Labute approximate surface area is 48.5 Å². The van der Waals surface area contributed by atoms with Crippen LogP contribution in [0.4, 0.5) is 0 Å². The summed E-state index contributed by atoms with van der Waals surface area (Å²) in [6.45, 7) is 3.86. The Hall–Kier alpha value is 0.0200. The highest BCUT2D eigenvalue weighted by Gasteiger charge is 1.91. The summed E-state index contributed by atoms with van der Waals surface area (Å²) < 4.78 is 0. The van der Waals surface area contributed by atoms with Crippen LogP contribution >= 0.6 is 11.8 Å². The molecule has 0 aliphatic heterocycles. The van der Waals surface area contributed by atoms with Crippen molar-refractivity contribution in [2.75, 3.05) is 5.75 Å². The number of thioether (sulfide) groups is 1. The molecule has 0 aliphatic carbocycles. The third-order valence-corrected chi connectivity index (χ3v) is 1.49. The van der Waals surface area contributed by atoms with Gasteiger partial charge in [-0.05, 0) is 5.75 Å². The molecular weight excluding hydrogens is 108 g/mol. The quantitative estimate of drug-likeness (QED) is 0.548. The van der Waals surface area contributed by atoms with Gasteiger partial charge in [0.1, 0.15) is 0 Å². The van der Waals surface area contributed by atoms with Crippen molar-refractivity contribution >= 4 is 16.9 Å². The number of rotatable bonds is 2. The first kappa shape index (κ1) is 7.02. The molecule has 0 radical (unpaired) electrons. The van der Waals surface area contributed by atoms with Crippen molar-refractivity contribution in [1.29, 1.82) is 0 Å². The van der Waals surface area contributed by atoms with Crippen molar-refractivity contribution in [1.82, 2.24) is 0 Å². The lowest BCUT2D eigenvalue weighted by Crippen LogP contribution is -1.85. The minimum atomic E-state index is 0.294. The van der Waals surface area contributed by atoms with E-state index in [9.17, 15) is 4.79 Å². The van der Waals surface area contributed by atoms with Crippen LogP contribution in [0.2, 0.25) is 0 Å². The fraction of sp³-hybridized carbons (Fsp3) is 0.800. The van der Waals surface area contributed by atoms with Gasteiger partial charge in [0.2, 0.25) is 0 Å². The molecule has 0 N–H and O–H groups in total. The largest absolute Gasteiger partial charge is 0.287 e. The van der Waals surface area contributed by atoms with E-state index in [0.717, 1.165) is 5.75 Å². The zero-order valence-corrected chi connectivity index (χ0v) is 5.55. The molecule has 0 amide bonds. The molecule has 0 saturated heterocycles. The summed E-state index contributed by atoms with van der Waals surface area (Å²) in [6.07, 6.45) is 0.665. The molecule has 7 heavy (non-hydrogen) atoms. The third-order valence-electron chi connectivity index (χ3n) is 0.594. The van der Waals surface area contributed by atoms with Gasteiger partial charge in [0.25, 0.3) is 0 Å². The average Bonchev–Trinajstić information content (AvgIpc) is 1.68. The Balaban J connectivity index is 3.00. The van der Waals surface area contributed by atoms with E-state index in [-0.39, 0.29) is 0 Å². The molecule has 0 aromatic rings. The van der Waals surface area contributed by atoms with E-state index in [1.54, 1.807) is 0 Å². The molecule has 0 heterocycles. The fourth-order valence-electron chi connectivity index (χ4n) is 0.263. The van der Waals surface area contributed by atoms with E-state index in [2.05, 4.69) is 0 Å². The van der Waals surface area contributed by atoms with Gasteiger partial charge in [-0.15, -0.1) is 0 Å². The maximum atomic E-state index is 10.4. The smallest absolute Gasteiger partial charge is 0.188 e. The van der Waals surface area contributed by atoms with Gasteiger partial charge in [-0.3, -0.25) is 4.79 Å². The van der Waals surface area contributed by atoms with E-state index in [1.807, 2.05) is 13.8 Å². The lowest BCUT2D eigenvalue weighted by atomic mass is 10.6. The van der Waals surface area contributed by atoms with Crippen LogP contribution in [-0.2, 0) is 4.79 Å². The molecule has 1 nitrogen and oxygen atoms in total. The highest BCUT2D eigenvalue weighted by molar-refractivity contribution is 8.13. The number of hydrogen-bond donors (Lipinski definition) is 0. The lowest BCUT2D eigenvalue weighted by molar-refractivity contribution is -0.110. The molecule has 0 aromatic carbocycles. The molecule has 0 aliphatic rings. The zero-order chi connectivity index (χ0) is 5.70. The van der Waals surface area contributed by atoms with Gasteiger partial charge in [-0.1, -0.05) is 25.6 Å². The van der Waals surface area contributed by atoms with Crippen LogP contribution < -0.4 is 0 Å². The van der Waals surface area contributed by atoms with Gasteiger partial charge in [-0.25, -0.2) is 0 Å². The van der Waals surface area contributed by atoms with Crippen LogP contribution in [0, 0.1) is 0 Å². The Kier molecular flexibility index (Phi) is 4.20. The topological polar surface area (TPSA) is 17.1 Å². The van der Waals surface area contributed by atoms with Crippen molar-refractivity contribution in [3.63, 3.8) is 0 Å². The molecule has 2 heteroatoms. The van der Waals surface area contributed by atoms with Gasteiger partial charge in [0.05, 0.1) is 0 Å². The third kappa shape index (κ3) is 3.86. The number of hydrogen-bond acceptors (Lipinski definition) is 2. The van der Waals surface area contributed by atoms with Gasteiger partial charge < -0.3 is 0 Å². The molecule has 0 bridgehead atoms. The summed E-state index contributed by atoms with van der Waals surface area (Å²) in [5.41, 5.74) is 0. The fourth-order valence-corrected chi connectivity index (χ4v) is 0.789. The van der Waals surface area contributed by atoms with Crippen molar-refractivity contribution in [2.24, 2.45) is 0 Å². The van der Waals surface area contributed by atoms with Gasteiger partial charge >= 0.3 is 0 Å². The van der Waals surface area contributed by atoms with Crippen LogP contribution in [0.25, 0.3) is 0 Å². The van der Waals surface area contributed by atoms with E-state index in [4.69, 9.17) is 0 Å². The number of carbonyl (C=O) groups excluding carboxylic acids is 1. The van der Waals surface area contributed by atoms with Crippen molar-refractivity contribution < 1.29 is 4.79 Å². The highest BCUT2D eigenvalue weighted by Crippen LogP contribution is 2.01. The molecule has 0 spiro atoms. The first-order valence-corrected chi connectivity index (χ1v) is 3.45. The minimum absolute atomic E-state index is 0.294. The zero-order valence-electron chi connectivity index (χ0n) is 4.73. The monoisotopic (exact) mass is 118 g/mol. The summed E-state index contributed by atoms with van der Waals surface area (Å²) in [5, 5.41) is 0.294.